The number of rotatable bonds is 5. The van der Waals surface area contributed by atoms with Crippen LogP contribution >= 0.6 is 12.4 Å². The van der Waals surface area contributed by atoms with E-state index in [1.807, 2.05) is 0 Å². The Hall–Kier alpha value is -1.10. The summed E-state index contributed by atoms with van der Waals surface area (Å²) in [6.07, 6.45) is 7.28. The number of likely N-dealkylation sites (tertiary alicyclic amines) is 1. The summed E-state index contributed by atoms with van der Waals surface area (Å²) in [4.78, 5) is 14.9. The third-order valence-corrected chi connectivity index (χ3v) is 5.37. The van der Waals surface area contributed by atoms with Crippen LogP contribution in [0.25, 0.3) is 0 Å². The average molecular weight is 366 g/mol. The van der Waals surface area contributed by atoms with E-state index < -0.39 is 0 Å². The fourth-order valence-corrected chi connectivity index (χ4v) is 3.83. The first kappa shape index (κ1) is 20.2. The normalized spacial score (nSPS) is 19.7. The molecule has 3 rings (SSSR count). The topological polar surface area (TPSA) is 44.4 Å². The standard InChI is InChI=1S/C20H31N3O.ClH/c24-20(17-9-11-21-12-10-17)22-15-18-7-3-4-8-19(18)16-23-13-5-1-2-6-14-23;/h3-4,7-8,17,21H,1-2,5-6,9-16H2,(H,22,24);1H. The number of hydrogen-bond donors (Lipinski definition) is 2. The zero-order valence-electron chi connectivity index (χ0n) is 15.1. The van der Waals surface area contributed by atoms with E-state index in [1.54, 1.807) is 0 Å². The summed E-state index contributed by atoms with van der Waals surface area (Å²) in [6, 6.07) is 8.58. The van der Waals surface area contributed by atoms with E-state index in [1.165, 1.54) is 49.9 Å². The second-order valence-corrected chi connectivity index (χ2v) is 7.20. The van der Waals surface area contributed by atoms with Gasteiger partial charge >= 0.3 is 0 Å². The van der Waals surface area contributed by atoms with Crippen LogP contribution in [0.15, 0.2) is 24.3 Å². The van der Waals surface area contributed by atoms with Gasteiger partial charge in [0, 0.05) is 19.0 Å². The smallest absolute Gasteiger partial charge is 0.223 e. The number of amides is 1. The number of hydrogen-bond acceptors (Lipinski definition) is 3. The zero-order valence-corrected chi connectivity index (χ0v) is 16.0. The van der Waals surface area contributed by atoms with E-state index in [2.05, 4.69) is 39.8 Å². The molecule has 4 nitrogen and oxygen atoms in total. The fourth-order valence-electron chi connectivity index (χ4n) is 3.83. The molecule has 0 bridgehead atoms. The molecular formula is C20H32ClN3O. The third-order valence-electron chi connectivity index (χ3n) is 5.37. The van der Waals surface area contributed by atoms with E-state index >= 15 is 0 Å². The second kappa shape index (κ2) is 10.8. The number of benzene rings is 1. The lowest BCUT2D eigenvalue weighted by Crippen LogP contribution is -2.38. The number of piperidine rings is 1. The van der Waals surface area contributed by atoms with Gasteiger partial charge in [-0.1, -0.05) is 37.1 Å². The van der Waals surface area contributed by atoms with Crippen molar-refractivity contribution in [1.29, 1.82) is 0 Å². The Kier molecular flexibility index (Phi) is 8.73. The van der Waals surface area contributed by atoms with Gasteiger partial charge in [0.25, 0.3) is 0 Å². The fraction of sp³-hybridized carbons (Fsp3) is 0.650. The monoisotopic (exact) mass is 365 g/mol. The minimum atomic E-state index is 0. The maximum Gasteiger partial charge on any atom is 0.223 e. The highest BCUT2D eigenvalue weighted by atomic mass is 35.5. The quantitative estimate of drug-likeness (QED) is 0.842. The molecule has 2 aliphatic heterocycles. The van der Waals surface area contributed by atoms with Crippen molar-refractivity contribution in [3.05, 3.63) is 35.4 Å². The van der Waals surface area contributed by atoms with Crippen LogP contribution in [0, 0.1) is 5.92 Å². The number of nitrogens with one attached hydrogen (secondary N) is 2. The van der Waals surface area contributed by atoms with Crippen LogP contribution in [0.1, 0.15) is 49.7 Å². The first-order valence-corrected chi connectivity index (χ1v) is 9.60. The van der Waals surface area contributed by atoms with Crippen LogP contribution in [0.4, 0.5) is 0 Å². The average Bonchev–Trinajstić information content (AvgIpc) is 2.90. The predicted octanol–water partition coefficient (Wildman–Crippen LogP) is 3.10. The van der Waals surface area contributed by atoms with Crippen molar-refractivity contribution in [3.8, 4) is 0 Å². The molecule has 0 unspecified atom stereocenters. The van der Waals surface area contributed by atoms with Gasteiger partial charge < -0.3 is 10.6 Å². The van der Waals surface area contributed by atoms with Crippen molar-refractivity contribution in [1.82, 2.24) is 15.5 Å². The molecule has 2 fully saturated rings. The van der Waals surface area contributed by atoms with E-state index in [0.717, 1.165) is 32.5 Å². The molecule has 140 valence electrons. The maximum absolute atomic E-state index is 12.4. The molecule has 2 aliphatic rings. The summed E-state index contributed by atoms with van der Waals surface area (Å²) in [7, 11) is 0. The van der Waals surface area contributed by atoms with E-state index in [-0.39, 0.29) is 24.2 Å². The number of nitrogens with zero attached hydrogens (tertiary/aromatic N) is 1. The molecule has 0 aliphatic carbocycles. The van der Waals surface area contributed by atoms with Gasteiger partial charge in [-0.3, -0.25) is 9.69 Å². The second-order valence-electron chi connectivity index (χ2n) is 7.20. The number of carbonyl (C=O) groups excluding carboxylic acids is 1. The van der Waals surface area contributed by atoms with Gasteiger partial charge in [-0.2, -0.15) is 0 Å². The molecular weight excluding hydrogens is 334 g/mol. The van der Waals surface area contributed by atoms with Crippen LogP contribution in [-0.2, 0) is 17.9 Å². The molecule has 1 aromatic rings. The van der Waals surface area contributed by atoms with Gasteiger partial charge in [0.1, 0.15) is 0 Å². The van der Waals surface area contributed by atoms with E-state index in [4.69, 9.17) is 0 Å². The molecule has 0 atom stereocenters. The van der Waals surface area contributed by atoms with Gasteiger partial charge in [0.2, 0.25) is 5.91 Å². The van der Waals surface area contributed by atoms with Crippen molar-refractivity contribution < 1.29 is 4.79 Å². The highest BCUT2D eigenvalue weighted by molar-refractivity contribution is 5.85. The molecule has 2 saturated heterocycles. The molecule has 1 aromatic carbocycles. The van der Waals surface area contributed by atoms with Crippen molar-refractivity contribution >= 4 is 18.3 Å². The molecule has 0 radical (unpaired) electrons. The maximum atomic E-state index is 12.4. The zero-order chi connectivity index (χ0) is 16.6. The summed E-state index contributed by atoms with van der Waals surface area (Å²) in [5.41, 5.74) is 2.63. The Morgan fingerprint density at radius 1 is 1.04 bits per heavy atom. The minimum Gasteiger partial charge on any atom is -0.352 e. The summed E-state index contributed by atoms with van der Waals surface area (Å²) < 4.78 is 0. The SMILES string of the molecule is Cl.O=C(NCc1ccccc1CN1CCCCCC1)C1CCNCC1. The third kappa shape index (κ3) is 6.28. The van der Waals surface area contributed by atoms with Crippen molar-refractivity contribution in [2.45, 2.75) is 51.6 Å². The van der Waals surface area contributed by atoms with Gasteiger partial charge in [-0.15, -0.1) is 12.4 Å². The minimum absolute atomic E-state index is 0. The van der Waals surface area contributed by atoms with Gasteiger partial charge in [0.05, 0.1) is 0 Å². The lowest BCUT2D eigenvalue weighted by atomic mass is 9.97. The Morgan fingerprint density at radius 3 is 2.36 bits per heavy atom. The van der Waals surface area contributed by atoms with Crippen molar-refractivity contribution in [3.63, 3.8) is 0 Å². The van der Waals surface area contributed by atoms with Crippen molar-refractivity contribution in [2.75, 3.05) is 26.2 Å². The first-order valence-electron chi connectivity index (χ1n) is 9.60. The predicted molar refractivity (Wildman–Crippen MR) is 105 cm³/mol. The van der Waals surface area contributed by atoms with Gasteiger partial charge in [-0.25, -0.2) is 0 Å². The number of carbonyl (C=O) groups is 1. The summed E-state index contributed by atoms with van der Waals surface area (Å²) >= 11 is 0. The van der Waals surface area contributed by atoms with E-state index in [0.29, 0.717) is 6.54 Å². The van der Waals surface area contributed by atoms with Gasteiger partial charge in [0.15, 0.2) is 0 Å². The Bertz CT molecular complexity index is 523. The number of halogens is 1. The molecule has 2 heterocycles. The largest absolute Gasteiger partial charge is 0.352 e. The van der Waals surface area contributed by atoms with Gasteiger partial charge in [-0.05, 0) is 63.0 Å². The molecule has 5 heteroatoms. The molecule has 0 aromatic heterocycles. The van der Waals surface area contributed by atoms with E-state index in [9.17, 15) is 4.79 Å². The van der Waals surface area contributed by atoms with Crippen molar-refractivity contribution in [2.24, 2.45) is 5.92 Å². The highest BCUT2D eigenvalue weighted by Crippen LogP contribution is 2.17. The van der Waals surface area contributed by atoms with Crippen LogP contribution in [-0.4, -0.2) is 37.0 Å². The van der Waals surface area contributed by atoms with Crippen LogP contribution in [0.3, 0.4) is 0 Å². The van der Waals surface area contributed by atoms with Crippen LogP contribution in [0.2, 0.25) is 0 Å². The summed E-state index contributed by atoms with van der Waals surface area (Å²) in [6.45, 7) is 6.00. The first-order chi connectivity index (χ1) is 11.8. The molecule has 0 spiro atoms. The lowest BCUT2D eigenvalue weighted by Gasteiger charge is -2.23. The Balaban J connectivity index is 0.00000225. The van der Waals surface area contributed by atoms with Crippen LogP contribution in [0.5, 0.6) is 0 Å². The molecule has 1 amide bonds. The summed E-state index contributed by atoms with van der Waals surface area (Å²) in [5.74, 6) is 0.407. The molecule has 2 N–H and O–H groups in total. The lowest BCUT2D eigenvalue weighted by molar-refractivity contribution is -0.125. The molecule has 0 saturated carbocycles. The molecule has 25 heavy (non-hydrogen) atoms. The Morgan fingerprint density at radius 2 is 1.68 bits per heavy atom. The Labute approximate surface area is 158 Å². The van der Waals surface area contributed by atoms with Crippen LogP contribution < -0.4 is 10.6 Å². The summed E-state index contributed by atoms with van der Waals surface area (Å²) in [5, 5.41) is 6.49. The highest BCUT2D eigenvalue weighted by Gasteiger charge is 2.20.